The Kier molecular flexibility index (Phi) is 8.75. The van der Waals surface area contributed by atoms with E-state index in [1.165, 1.54) is 19.3 Å². The van der Waals surface area contributed by atoms with Crippen LogP contribution in [0.25, 0.3) is 0 Å². The molecule has 0 fully saturated rings. The van der Waals surface area contributed by atoms with Gasteiger partial charge in [0, 0.05) is 13.6 Å². The molecular weight excluding hydrogens is 268 g/mol. The lowest BCUT2D eigenvalue weighted by molar-refractivity contribution is -0.120. The molecule has 0 bridgehead atoms. The van der Waals surface area contributed by atoms with Crippen LogP contribution in [0.2, 0.25) is 0 Å². The Labute approximate surface area is 126 Å². The van der Waals surface area contributed by atoms with Crippen LogP contribution in [-0.2, 0) is 11.3 Å². The molecule has 0 saturated heterocycles. The summed E-state index contributed by atoms with van der Waals surface area (Å²) in [7, 11) is 1.70. The third-order valence-electron chi connectivity index (χ3n) is 3.00. The van der Waals surface area contributed by atoms with Crippen LogP contribution in [0, 0.1) is 0 Å². The summed E-state index contributed by atoms with van der Waals surface area (Å²) in [6.45, 7) is 3.65. The highest BCUT2D eigenvalue weighted by Crippen LogP contribution is 1.98. The zero-order valence-electron chi connectivity index (χ0n) is 12.9. The number of nitrogens with one attached hydrogen (secondary N) is 3. The number of rotatable bonds is 9. The highest BCUT2D eigenvalue weighted by molar-refractivity contribution is 5.86. The van der Waals surface area contributed by atoms with E-state index in [0.29, 0.717) is 12.5 Å². The van der Waals surface area contributed by atoms with Crippen LogP contribution in [0.3, 0.4) is 0 Å². The summed E-state index contributed by atoms with van der Waals surface area (Å²) in [4.78, 5) is 15.8. The molecule has 0 unspecified atom stereocenters. The van der Waals surface area contributed by atoms with Crippen molar-refractivity contribution < 1.29 is 9.21 Å². The van der Waals surface area contributed by atoms with Gasteiger partial charge >= 0.3 is 0 Å². The van der Waals surface area contributed by atoms with Crippen LogP contribution in [-0.4, -0.2) is 32.0 Å². The van der Waals surface area contributed by atoms with Crippen molar-refractivity contribution in [1.82, 2.24) is 16.0 Å². The number of carbonyl (C=O) groups is 1. The summed E-state index contributed by atoms with van der Waals surface area (Å²) in [5.41, 5.74) is 0. The number of carbonyl (C=O) groups excluding carboxylic acids is 1. The van der Waals surface area contributed by atoms with Crippen LogP contribution in [0.4, 0.5) is 0 Å². The molecule has 0 atom stereocenters. The highest BCUT2D eigenvalue weighted by atomic mass is 16.3. The Morgan fingerprint density at radius 1 is 1.24 bits per heavy atom. The van der Waals surface area contributed by atoms with Crippen LogP contribution < -0.4 is 16.0 Å². The van der Waals surface area contributed by atoms with Gasteiger partial charge in [0.1, 0.15) is 5.76 Å². The van der Waals surface area contributed by atoms with E-state index in [2.05, 4.69) is 27.9 Å². The van der Waals surface area contributed by atoms with Gasteiger partial charge in [0.25, 0.3) is 0 Å². The maximum Gasteiger partial charge on any atom is 0.239 e. The predicted octanol–water partition coefficient (Wildman–Crippen LogP) is 1.64. The highest BCUT2D eigenvalue weighted by Gasteiger charge is 2.04. The molecule has 0 saturated carbocycles. The fourth-order valence-electron chi connectivity index (χ4n) is 1.80. The second-order valence-electron chi connectivity index (χ2n) is 4.77. The zero-order valence-corrected chi connectivity index (χ0v) is 12.9. The van der Waals surface area contributed by atoms with Gasteiger partial charge in [-0.05, 0) is 18.6 Å². The fraction of sp³-hybridized carbons (Fsp3) is 0.600. The standard InChI is InChI=1S/C15H26N4O2/c1-3-4-5-6-9-17-15(16-2)19-12-14(20)18-11-13-8-7-10-21-13/h7-8,10H,3-6,9,11-12H2,1-2H3,(H,18,20)(H2,16,17,19). The number of hydrogen-bond donors (Lipinski definition) is 3. The van der Waals surface area contributed by atoms with Gasteiger partial charge in [-0.1, -0.05) is 26.2 Å². The fourth-order valence-corrected chi connectivity index (χ4v) is 1.80. The van der Waals surface area contributed by atoms with Crippen molar-refractivity contribution in [3.63, 3.8) is 0 Å². The van der Waals surface area contributed by atoms with E-state index in [9.17, 15) is 4.79 Å². The van der Waals surface area contributed by atoms with Crippen molar-refractivity contribution in [1.29, 1.82) is 0 Å². The summed E-state index contributed by atoms with van der Waals surface area (Å²) in [6.07, 6.45) is 6.39. The molecule has 1 amide bonds. The molecule has 6 nitrogen and oxygen atoms in total. The lowest BCUT2D eigenvalue weighted by atomic mass is 10.2. The van der Waals surface area contributed by atoms with Gasteiger partial charge in [-0.15, -0.1) is 0 Å². The average molecular weight is 294 g/mol. The molecule has 0 spiro atoms. The summed E-state index contributed by atoms with van der Waals surface area (Å²) < 4.78 is 5.14. The molecule has 6 heteroatoms. The SMILES string of the molecule is CCCCCCNC(=NC)NCC(=O)NCc1ccco1. The molecule has 0 aliphatic rings. The molecule has 1 aromatic heterocycles. The zero-order chi connectivity index (χ0) is 15.3. The number of aliphatic imine (C=N–C) groups is 1. The average Bonchev–Trinajstić information content (AvgIpc) is 3.01. The lowest BCUT2D eigenvalue weighted by Crippen LogP contribution is -2.43. The van der Waals surface area contributed by atoms with Crippen LogP contribution in [0.15, 0.2) is 27.8 Å². The molecule has 0 aliphatic carbocycles. The van der Waals surface area contributed by atoms with E-state index >= 15 is 0 Å². The van der Waals surface area contributed by atoms with Crippen LogP contribution in [0.5, 0.6) is 0 Å². The van der Waals surface area contributed by atoms with E-state index in [1.54, 1.807) is 19.4 Å². The molecule has 1 aromatic rings. The molecule has 1 rings (SSSR count). The first-order valence-corrected chi connectivity index (χ1v) is 7.49. The summed E-state index contributed by atoms with van der Waals surface area (Å²) in [5, 5.41) is 8.95. The van der Waals surface area contributed by atoms with Crippen molar-refractivity contribution in [3.05, 3.63) is 24.2 Å². The summed E-state index contributed by atoms with van der Waals surface area (Å²) >= 11 is 0. The Bertz CT molecular complexity index is 415. The van der Waals surface area contributed by atoms with E-state index in [4.69, 9.17) is 4.42 Å². The van der Waals surface area contributed by atoms with Crippen LogP contribution >= 0.6 is 0 Å². The molecule has 118 valence electrons. The lowest BCUT2D eigenvalue weighted by Gasteiger charge is -2.11. The van der Waals surface area contributed by atoms with Gasteiger partial charge in [0.05, 0.1) is 19.4 Å². The van der Waals surface area contributed by atoms with Crippen LogP contribution in [0.1, 0.15) is 38.4 Å². The van der Waals surface area contributed by atoms with E-state index < -0.39 is 0 Å². The van der Waals surface area contributed by atoms with Crippen molar-refractivity contribution in [3.8, 4) is 0 Å². The van der Waals surface area contributed by atoms with E-state index in [1.807, 2.05) is 6.07 Å². The monoisotopic (exact) mass is 294 g/mol. The molecule has 1 heterocycles. The van der Waals surface area contributed by atoms with Crippen molar-refractivity contribution in [2.75, 3.05) is 20.1 Å². The first kappa shape index (κ1) is 17.1. The number of guanidine groups is 1. The molecule has 0 radical (unpaired) electrons. The Morgan fingerprint density at radius 3 is 2.76 bits per heavy atom. The minimum absolute atomic E-state index is 0.0969. The van der Waals surface area contributed by atoms with Gasteiger partial charge in [-0.25, -0.2) is 0 Å². The predicted molar refractivity (Wildman–Crippen MR) is 84.1 cm³/mol. The Morgan fingerprint density at radius 2 is 2.10 bits per heavy atom. The number of furan rings is 1. The van der Waals surface area contributed by atoms with Gasteiger partial charge in [0.2, 0.25) is 5.91 Å². The number of unbranched alkanes of at least 4 members (excludes halogenated alkanes) is 3. The van der Waals surface area contributed by atoms with Gasteiger partial charge in [-0.3, -0.25) is 9.79 Å². The molecular formula is C15H26N4O2. The maximum atomic E-state index is 11.7. The number of amides is 1. The van der Waals surface area contributed by atoms with E-state index in [-0.39, 0.29) is 12.5 Å². The first-order chi connectivity index (χ1) is 10.3. The number of nitrogens with zero attached hydrogens (tertiary/aromatic N) is 1. The minimum Gasteiger partial charge on any atom is -0.467 e. The molecule has 0 aromatic carbocycles. The second kappa shape index (κ2) is 10.8. The van der Waals surface area contributed by atoms with Crippen molar-refractivity contribution in [2.45, 2.75) is 39.2 Å². The third-order valence-corrected chi connectivity index (χ3v) is 3.00. The molecule has 0 aliphatic heterocycles. The van der Waals surface area contributed by atoms with Gasteiger partial charge in [-0.2, -0.15) is 0 Å². The minimum atomic E-state index is -0.0969. The maximum absolute atomic E-state index is 11.7. The largest absolute Gasteiger partial charge is 0.467 e. The summed E-state index contributed by atoms with van der Waals surface area (Å²) in [5.74, 6) is 1.29. The second-order valence-corrected chi connectivity index (χ2v) is 4.77. The topological polar surface area (TPSA) is 78.7 Å². The third kappa shape index (κ3) is 8.02. The summed E-state index contributed by atoms with van der Waals surface area (Å²) in [6, 6.07) is 3.62. The van der Waals surface area contributed by atoms with Crippen molar-refractivity contribution >= 4 is 11.9 Å². The first-order valence-electron chi connectivity index (χ1n) is 7.49. The number of hydrogen-bond acceptors (Lipinski definition) is 3. The normalized spacial score (nSPS) is 11.2. The van der Waals surface area contributed by atoms with Crippen molar-refractivity contribution in [2.24, 2.45) is 4.99 Å². The smallest absolute Gasteiger partial charge is 0.239 e. The molecule has 21 heavy (non-hydrogen) atoms. The Hall–Kier alpha value is -1.98. The van der Waals surface area contributed by atoms with E-state index in [0.717, 1.165) is 18.7 Å². The quantitative estimate of drug-likeness (QED) is 0.367. The molecule has 3 N–H and O–H groups in total. The van der Waals surface area contributed by atoms with Gasteiger partial charge in [0.15, 0.2) is 5.96 Å². The van der Waals surface area contributed by atoms with Gasteiger partial charge < -0.3 is 20.4 Å². The Balaban J connectivity index is 2.11.